The second kappa shape index (κ2) is 4.22. The predicted octanol–water partition coefficient (Wildman–Crippen LogP) is -0.297. The Morgan fingerprint density at radius 1 is 1.43 bits per heavy atom. The molecule has 14 heavy (non-hydrogen) atoms. The van der Waals surface area contributed by atoms with Gasteiger partial charge < -0.3 is 5.73 Å². The molecule has 0 saturated heterocycles. The van der Waals surface area contributed by atoms with Crippen LogP contribution in [0.1, 0.15) is 16.1 Å². The third kappa shape index (κ3) is 2.74. The standard InChI is InChI=1S/C8H10N4O2/c1-5-4-6(2-3-10-5)7(13)11-12-8(9)14/h2-4H,1H3,(H,11,13)(H3,9,12,14). The molecule has 1 aromatic heterocycles. The molecular weight excluding hydrogens is 184 g/mol. The molecule has 6 heteroatoms. The number of rotatable bonds is 1. The van der Waals surface area contributed by atoms with Crippen LogP contribution in [0.3, 0.4) is 0 Å². The SMILES string of the molecule is Cc1cc(C(=O)NNC(N)=O)ccn1. The third-order valence-electron chi connectivity index (χ3n) is 1.46. The maximum Gasteiger partial charge on any atom is 0.330 e. The molecular formula is C8H10N4O2. The fraction of sp³-hybridized carbons (Fsp3) is 0.125. The molecule has 1 aromatic rings. The Balaban J connectivity index is 2.65. The fourth-order valence-corrected chi connectivity index (χ4v) is 0.877. The second-order valence-corrected chi connectivity index (χ2v) is 2.63. The Labute approximate surface area is 80.5 Å². The van der Waals surface area contributed by atoms with E-state index in [9.17, 15) is 9.59 Å². The van der Waals surface area contributed by atoms with E-state index < -0.39 is 11.9 Å². The molecule has 0 aliphatic heterocycles. The molecule has 1 heterocycles. The van der Waals surface area contributed by atoms with Crippen LogP contribution in [0.25, 0.3) is 0 Å². The van der Waals surface area contributed by atoms with Crippen molar-refractivity contribution < 1.29 is 9.59 Å². The summed E-state index contributed by atoms with van der Waals surface area (Å²) in [5, 5.41) is 0. The number of hydrazine groups is 1. The van der Waals surface area contributed by atoms with E-state index in [-0.39, 0.29) is 0 Å². The highest BCUT2D eigenvalue weighted by Crippen LogP contribution is 1.99. The van der Waals surface area contributed by atoms with E-state index in [1.807, 2.05) is 5.43 Å². The van der Waals surface area contributed by atoms with Crippen molar-refractivity contribution in [2.24, 2.45) is 5.73 Å². The zero-order valence-corrected chi connectivity index (χ0v) is 7.57. The van der Waals surface area contributed by atoms with Crippen LogP contribution in [0.5, 0.6) is 0 Å². The molecule has 0 aromatic carbocycles. The lowest BCUT2D eigenvalue weighted by molar-refractivity contribution is 0.0937. The number of aryl methyl sites for hydroxylation is 1. The van der Waals surface area contributed by atoms with Crippen molar-refractivity contribution in [2.75, 3.05) is 0 Å². The van der Waals surface area contributed by atoms with Gasteiger partial charge in [0.15, 0.2) is 0 Å². The summed E-state index contributed by atoms with van der Waals surface area (Å²) in [6.07, 6.45) is 1.51. The second-order valence-electron chi connectivity index (χ2n) is 2.63. The van der Waals surface area contributed by atoms with Gasteiger partial charge in [-0.3, -0.25) is 15.2 Å². The molecule has 74 valence electrons. The van der Waals surface area contributed by atoms with Gasteiger partial charge >= 0.3 is 6.03 Å². The average Bonchev–Trinajstić information content (AvgIpc) is 2.14. The molecule has 3 amide bonds. The van der Waals surface area contributed by atoms with Crippen LogP contribution < -0.4 is 16.6 Å². The lowest BCUT2D eigenvalue weighted by Gasteiger charge is -2.04. The van der Waals surface area contributed by atoms with Gasteiger partial charge in [0.05, 0.1) is 0 Å². The first-order valence-electron chi connectivity index (χ1n) is 3.88. The topological polar surface area (TPSA) is 97.1 Å². The van der Waals surface area contributed by atoms with Crippen LogP contribution in [-0.2, 0) is 0 Å². The smallest absolute Gasteiger partial charge is 0.330 e. The zero-order chi connectivity index (χ0) is 10.6. The van der Waals surface area contributed by atoms with Crippen molar-refractivity contribution in [1.29, 1.82) is 0 Å². The molecule has 0 unspecified atom stereocenters. The summed E-state index contributed by atoms with van der Waals surface area (Å²) >= 11 is 0. The summed E-state index contributed by atoms with van der Waals surface area (Å²) in [6.45, 7) is 1.76. The van der Waals surface area contributed by atoms with E-state index in [0.29, 0.717) is 5.56 Å². The summed E-state index contributed by atoms with van der Waals surface area (Å²) in [5.41, 5.74) is 10.0. The van der Waals surface area contributed by atoms with E-state index in [1.165, 1.54) is 12.3 Å². The molecule has 4 N–H and O–H groups in total. The third-order valence-corrected chi connectivity index (χ3v) is 1.46. The first-order valence-corrected chi connectivity index (χ1v) is 3.88. The van der Waals surface area contributed by atoms with Crippen molar-refractivity contribution in [3.05, 3.63) is 29.6 Å². The number of pyridine rings is 1. The van der Waals surface area contributed by atoms with Crippen molar-refractivity contribution in [2.45, 2.75) is 6.92 Å². The normalized spacial score (nSPS) is 9.21. The largest absolute Gasteiger partial charge is 0.350 e. The minimum atomic E-state index is -0.816. The van der Waals surface area contributed by atoms with E-state index >= 15 is 0 Å². The van der Waals surface area contributed by atoms with Crippen molar-refractivity contribution in [3.63, 3.8) is 0 Å². The summed E-state index contributed by atoms with van der Waals surface area (Å²) < 4.78 is 0. The first kappa shape index (κ1) is 9.97. The Bertz CT molecular complexity index is 364. The highest BCUT2D eigenvalue weighted by Gasteiger charge is 2.05. The van der Waals surface area contributed by atoms with Gasteiger partial charge in [0.1, 0.15) is 0 Å². The van der Waals surface area contributed by atoms with Crippen molar-refractivity contribution in [3.8, 4) is 0 Å². The quantitative estimate of drug-likeness (QED) is 0.535. The van der Waals surface area contributed by atoms with Crippen LogP contribution in [-0.4, -0.2) is 16.9 Å². The van der Waals surface area contributed by atoms with Crippen molar-refractivity contribution in [1.82, 2.24) is 15.8 Å². The number of hydrogen-bond donors (Lipinski definition) is 3. The lowest BCUT2D eigenvalue weighted by atomic mass is 10.2. The molecule has 0 aliphatic rings. The fourth-order valence-electron chi connectivity index (χ4n) is 0.877. The number of carbonyl (C=O) groups is 2. The Kier molecular flexibility index (Phi) is 3.01. The van der Waals surface area contributed by atoms with Crippen LogP contribution in [0, 0.1) is 6.92 Å². The maximum absolute atomic E-state index is 11.3. The molecule has 0 saturated carbocycles. The van der Waals surface area contributed by atoms with Crippen LogP contribution >= 0.6 is 0 Å². The number of primary amides is 1. The Morgan fingerprint density at radius 3 is 2.71 bits per heavy atom. The monoisotopic (exact) mass is 194 g/mol. The maximum atomic E-state index is 11.3. The van der Waals surface area contributed by atoms with Gasteiger partial charge in [-0.25, -0.2) is 10.2 Å². The van der Waals surface area contributed by atoms with Gasteiger partial charge in [-0.2, -0.15) is 0 Å². The summed E-state index contributed by atoms with van der Waals surface area (Å²) in [6, 6.07) is 2.31. The van der Waals surface area contributed by atoms with Crippen LogP contribution in [0.2, 0.25) is 0 Å². The number of nitrogens with zero attached hydrogens (tertiary/aromatic N) is 1. The van der Waals surface area contributed by atoms with Gasteiger partial charge in [-0.15, -0.1) is 0 Å². The predicted molar refractivity (Wildman–Crippen MR) is 49.2 cm³/mol. The van der Waals surface area contributed by atoms with E-state index in [2.05, 4.69) is 10.4 Å². The molecule has 0 atom stereocenters. The van der Waals surface area contributed by atoms with Crippen molar-refractivity contribution >= 4 is 11.9 Å². The molecule has 0 aliphatic carbocycles. The number of urea groups is 1. The van der Waals surface area contributed by atoms with Gasteiger partial charge in [-0.05, 0) is 19.1 Å². The molecule has 0 radical (unpaired) electrons. The minimum Gasteiger partial charge on any atom is -0.350 e. The number of nitrogens with one attached hydrogen (secondary N) is 2. The molecule has 0 spiro atoms. The first-order chi connectivity index (χ1) is 6.59. The number of carbonyl (C=O) groups excluding carboxylic acids is 2. The number of nitrogens with two attached hydrogens (primary N) is 1. The number of hydrogen-bond acceptors (Lipinski definition) is 3. The zero-order valence-electron chi connectivity index (χ0n) is 7.57. The van der Waals surface area contributed by atoms with E-state index in [4.69, 9.17) is 5.73 Å². The summed E-state index contributed by atoms with van der Waals surface area (Å²) in [7, 11) is 0. The van der Waals surface area contributed by atoms with E-state index in [1.54, 1.807) is 13.0 Å². The number of aromatic nitrogens is 1. The summed E-state index contributed by atoms with van der Waals surface area (Å²) in [4.78, 5) is 25.5. The highest BCUT2D eigenvalue weighted by molar-refractivity contribution is 5.95. The van der Waals surface area contributed by atoms with Gasteiger partial charge in [0, 0.05) is 17.5 Å². The van der Waals surface area contributed by atoms with Gasteiger partial charge in [0.2, 0.25) is 0 Å². The van der Waals surface area contributed by atoms with Crippen LogP contribution in [0.4, 0.5) is 4.79 Å². The lowest BCUT2D eigenvalue weighted by Crippen LogP contribution is -2.44. The number of amides is 3. The van der Waals surface area contributed by atoms with Gasteiger partial charge in [-0.1, -0.05) is 0 Å². The highest BCUT2D eigenvalue weighted by atomic mass is 16.2. The van der Waals surface area contributed by atoms with Crippen LogP contribution in [0.15, 0.2) is 18.3 Å². The molecule has 6 nitrogen and oxygen atoms in total. The minimum absolute atomic E-state index is 0.409. The molecule has 1 rings (SSSR count). The molecule has 0 bridgehead atoms. The Hall–Kier alpha value is -2.11. The average molecular weight is 194 g/mol. The molecule has 0 fully saturated rings. The Morgan fingerprint density at radius 2 is 2.14 bits per heavy atom. The summed E-state index contributed by atoms with van der Waals surface area (Å²) in [5.74, 6) is -0.436. The van der Waals surface area contributed by atoms with Gasteiger partial charge in [0.25, 0.3) is 5.91 Å². The van der Waals surface area contributed by atoms with E-state index in [0.717, 1.165) is 5.69 Å².